The maximum atomic E-state index is 12.4. The highest BCUT2D eigenvalue weighted by Gasteiger charge is 2.16. The fourth-order valence-corrected chi connectivity index (χ4v) is 4.06. The van der Waals surface area contributed by atoms with Crippen LogP contribution in [0.25, 0.3) is 11.3 Å². The number of halogens is 1. The second-order valence-corrected chi connectivity index (χ2v) is 8.55. The van der Waals surface area contributed by atoms with E-state index in [-0.39, 0.29) is 11.2 Å². The standard InChI is InChI=1S/C18H16BrN3OS2/c1-11(25-15-4-2-3-14(20)9-15)17(23)22-18-21-16(10-24-18)12-5-7-13(19)8-6-12/h2-11H,20H2,1H3,(H,21,22,23). The Hall–Kier alpha value is -1.83. The molecule has 1 heterocycles. The summed E-state index contributed by atoms with van der Waals surface area (Å²) in [6.45, 7) is 1.87. The topological polar surface area (TPSA) is 68.0 Å². The van der Waals surface area contributed by atoms with Crippen LogP contribution in [-0.4, -0.2) is 16.1 Å². The molecule has 0 spiro atoms. The van der Waals surface area contributed by atoms with Crippen molar-refractivity contribution in [3.8, 4) is 11.3 Å². The summed E-state index contributed by atoms with van der Waals surface area (Å²) in [5.41, 5.74) is 8.33. The summed E-state index contributed by atoms with van der Waals surface area (Å²) in [6.07, 6.45) is 0. The Labute approximate surface area is 163 Å². The van der Waals surface area contributed by atoms with Gasteiger partial charge in [0.05, 0.1) is 10.9 Å². The van der Waals surface area contributed by atoms with E-state index >= 15 is 0 Å². The molecule has 3 aromatic rings. The summed E-state index contributed by atoms with van der Waals surface area (Å²) >= 11 is 6.31. The number of thioether (sulfide) groups is 1. The van der Waals surface area contributed by atoms with Gasteiger partial charge in [0.1, 0.15) is 0 Å². The number of rotatable bonds is 5. The first-order valence-corrected chi connectivity index (χ1v) is 10.1. The van der Waals surface area contributed by atoms with Gasteiger partial charge in [0.25, 0.3) is 0 Å². The maximum Gasteiger partial charge on any atom is 0.239 e. The zero-order chi connectivity index (χ0) is 17.8. The van der Waals surface area contributed by atoms with Crippen molar-refractivity contribution >= 4 is 55.8 Å². The fraction of sp³-hybridized carbons (Fsp3) is 0.111. The van der Waals surface area contributed by atoms with E-state index in [2.05, 4.69) is 26.2 Å². The molecule has 0 aliphatic heterocycles. The van der Waals surface area contributed by atoms with Gasteiger partial charge in [0.15, 0.2) is 5.13 Å². The Morgan fingerprint density at radius 1 is 1.28 bits per heavy atom. The van der Waals surface area contributed by atoms with Gasteiger partial charge in [-0.3, -0.25) is 4.79 Å². The Morgan fingerprint density at radius 2 is 2.04 bits per heavy atom. The van der Waals surface area contributed by atoms with Crippen LogP contribution in [0.2, 0.25) is 0 Å². The van der Waals surface area contributed by atoms with E-state index in [0.717, 1.165) is 20.6 Å². The number of carbonyl (C=O) groups is 1. The zero-order valence-corrected chi connectivity index (χ0v) is 16.6. The van der Waals surface area contributed by atoms with Gasteiger partial charge in [0.2, 0.25) is 5.91 Å². The molecule has 3 rings (SSSR count). The summed E-state index contributed by atoms with van der Waals surface area (Å²) in [5, 5.41) is 5.18. The van der Waals surface area contributed by atoms with Crippen molar-refractivity contribution in [2.75, 3.05) is 11.1 Å². The Balaban J connectivity index is 1.64. The number of hydrogen-bond acceptors (Lipinski definition) is 5. The fourth-order valence-electron chi connectivity index (χ4n) is 2.14. The number of nitrogens with zero attached hydrogens (tertiary/aromatic N) is 1. The van der Waals surface area contributed by atoms with Gasteiger partial charge >= 0.3 is 0 Å². The van der Waals surface area contributed by atoms with Crippen LogP contribution in [0.3, 0.4) is 0 Å². The lowest BCUT2D eigenvalue weighted by atomic mass is 10.2. The highest BCUT2D eigenvalue weighted by Crippen LogP contribution is 2.28. The molecule has 3 N–H and O–H groups in total. The lowest BCUT2D eigenvalue weighted by molar-refractivity contribution is -0.115. The quantitative estimate of drug-likeness (QED) is 0.424. The number of benzene rings is 2. The first-order valence-electron chi connectivity index (χ1n) is 7.56. The summed E-state index contributed by atoms with van der Waals surface area (Å²) < 4.78 is 1.02. The zero-order valence-electron chi connectivity index (χ0n) is 13.4. The minimum Gasteiger partial charge on any atom is -0.399 e. The van der Waals surface area contributed by atoms with Crippen molar-refractivity contribution in [3.05, 3.63) is 58.4 Å². The molecule has 1 amide bonds. The lowest BCUT2D eigenvalue weighted by Gasteiger charge is -2.10. The van der Waals surface area contributed by atoms with Crippen molar-refractivity contribution < 1.29 is 4.79 Å². The van der Waals surface area contributed by atoms with Crippen molar-refractivity contribution in [2.24, 2.45) is 0 Å². The number of carbonyl (C=O) groups excluding carboxylic acids is 1. The van der Waals surface area contributed by atoms with E-state index in [1.165, 1.54) is 23.1 Å². The molecule has 0 radical (unpaired) electrons. The lowest BCUT2D eigenvalue weighted by Crippen LogP contribution is -2.22. The third-order valence-electron chi connectivity index (χ3n) is 3.41. The number of anilines is 2. The molecule has 0 fully saturated rings. The first-order chi connectivity index (χ1) is 12.0. The van der Waals surface area contributed by atoms with Crippen molar-refractivity contribution in [2.45, 2.75) is 17.1 Å². The van der Waals surface area contributed by atoms with Crippen LogP contribution in [0.4, 0.5) is 10.8 Å². The molecule has 0 aliphatic rings. The monoisotopic (exact) mass is 433 g/mol. The molecular formula is C18H16BrN3OS2. The van der Waals surface area contributed by atoms with Crippen LogP contribution < -0.4 is 11.1 Å². The van der Waals surface area contributed by atoms with Gasteiger partial charge in [-0.25, -0.2) is 4.98 Å². The number of thiazole rings is 1. The SMILES string of the molecule is CC(Sc1cccc(N)c1)C(=O)Nc1nc(-c2ccc(Br)cc2)cs1. The Kier molecular flexibility index (Phi) is 5.78. The third-order valence-corrected chi connectivity index (χ3v) is 5.79. The molecule has 0 aliphatic carbocycles. The molecule has 128 valence electrons. The van der Waals surface area contributed by atoms with Gasteiger partial charge in [0, 0.05) is 26.0 Å². The van der Waals surface area contributed by atoms with Crippen LogP contribution in [0.15, 0.2) is 63.3 Å². The summed E-state index contributed by atoms with van der Waals surface area (Å²) in [6, 6.07) is 15.4. The second-order valence-electron chi connectivity index (χ2n) is 5.37. The molecule has 25 heavy (non-hydrogen) atoms. The van der Waals surface area contributed by atoms with Gasteiger partial charge < -0.3 is 11.1 Å². The van der Waals surface area contributed by atoms with Crippen molar-refractivity contribution in [1.82, 2.24) is 4.98 Å². The van der Waals surface area contributed by atoms with Crippen molar-refractivity contribution in [1.29, 1.82) is 0 Å². The van der Waals surface area contributed by atoms with E-state index in [1.807, 2.05) is 60.8 Å². The van der Waals surface area contributed by atoms with Crippen LogP contribution in [0, 0.1) is 0 Å². The number of amides is 1. The summed E-state index contributed by atoms with van der Waals surface area (Å²) in [5.74, 6) is -0.0795. The molecule has 7 heteroatoms. The number of aromatic nitrogens is 1. The largest absolute Gasteiger partial charge is 0.399 e. The predicted octanol–water partition coefficient (Wildman–Crippen LogP) is 5.27. The molecule has 0 saturated carbocycles. The smallest absolute Gasteiger partial charge is 0.239 e. The number of nitrogens with one attached hydrogen (secondary N) is 1. The van der Waals surface area contributed by atoms with Gasteiger partial charge in [-0.1, -0.05) is 34.1 Å². The van der Waals surface area contributed by atoms with E-state index in [1.54, 1.807) is 0 Å². The number of nitrogen functional groups attached to an aromatic ring is 1. The number of hydrogen-bond donors (Lipinski definition) is 2. The van der Waals surface area contributed by atoms with Gasteiger partial charge in [-0.05, 0) is 37.3 Å². The van der Waals surface area contributed by atoms with E-state index in [0.29, 0.717) is 10.8 Å². The molecule has 1 aromatic heterocycles. The average molecular weight is 434 g/mol. The summed E-state index contributed by atoms with van der Waals surface area (Å²) in [7, 11) is 0. The average Bonchev–Trinajstić information content (AvgIpc) is 3.04. The van der Waals surface area contributed by atoms with E-state index < -0.39 is 0 Å². The molecule has 4 nitrogen and oxygen atoms in total. The van der Waals surface area contributed by atoms with Crippen LogP contribution in [-0.2, 0) is 4.79 Å². The van der Waals surface area contributed by atoms with Crippen LogP contribution in [0.5, 0.6) is 0 Å². The molecule has 1 atom stereocenters. The normalized spacial score (nSPS) is 11.9. The van der Waals surface area contributed by atoms with Crippen molar-refractivity contribution in [3.63, 3.8) is 0 Å². The van der Waals surface area contributed by atoms with Gasteiger partial charge in [-0.2, -0.15) is 0 Å². The molecule has 0 saturated heterocycles. The van der Waals surface area contributed by atoms with Gasteiger partial charge in [-0.15, -0.1) is 23.1 Å². The Morgan fingerprint density at radius 3 is 2.76 bits per heavy atom. The molecule has 0 bridgehead atoms. The highest BCUT2D eigenvalue weighted by molar-refractivity contribution is 9.10. The third kappa shape index (κ3) is 4.84. The molecule has 2 aromatic carbocycles. The molecular weight excluding hydrogens is 418 g/mol. The van der Waals surface area contributed by atoms with E-state index in [9.17, 15) is 4.79 Å². The van der Waals surface area contributed by atoms with Crippen LogP contribution in [0.1, 0.15) is 6.92 Å². The number of nitrogens with two attached hydrogens (primary N) is 1. The van der Waals surface area contributed by atoms with E-state index in [4.69, 9.17) is 5.73 Å². The highest BCUT2D eigenvalue weighted by atomic mass is 79.9. The van der Waals surface area contributed by atoms with Crippen LogP contribution >= 0.6 is 39.0 Å². The maximum absolute atomic E-state index is 12.4. The molecule has 1 unspecified atom stereocenters. The summed E-state index contributed by atoms with van der Waals surface area (Å²) in [4.78, 5) is 17.9. The predicted molar refractivity (Wildman–Crippen MR) is 110 cm³/mol. The minimum absolute atomic E-state index is 0.0795. The Bertz CT molecular complexity index is 880. The second kappa shape index (κ2) is 8.03. The minimum atomic E-state index is -0.248. The first kappa shape index (κ1) is 18.0.